The van der Waals surface area contributed by atoms with Crippen molar-refractivity contribution in [1.82, 2.24) is 9.80 Å². The Balaban J connectivity index is 1.74. The molecule has 3 aliphatic heterocycles. The number of morpholine rings is 1. The highest BCUT2D eigenvalue weighted by molar-refractivity contribution is 8.01. The van der Waals surface area contributed by atoms with Crippen LogP contribution in [-0.4, -0.2) is 85.4 Å². The monoisotopic (exact) mass is 372 g/mol. The molecule has 3 saturated heterocycles. The highest BCUT2D eigenvalue weighted by Crippen LogP contribution is 2.54. The van der Waals surface area contributed by atoms with Crippen molar-refractivity contribution < 1.29 is 29.3 Å². The first-order valence-electron chi connectivity index (χ1n) is 8.39. The number of rotatable bonds is 3. The second kappa shape index (κ2) is 6.14. The molecule has 0 spiro atoms. The minimum Gasteiger partial charge on any atom is -0.480 e. The molecule has 0 saturated carbocycles. The minimum absolute atomic E-state index is 0.135. The number of hydrogen-bond donors (Lipinski definition) is 2. The molecule has 0 aromatic rings. The Kier molecular flexibility index (Phi) is 4.53. The van der Waals surface area contributed by atoms with E-state index >= 15 is 0 Å². The Morgan fingerprint density at radius 2 is 1.84 bits per heavy atom. The van der Waals surface area contributed by atoms with E-state index in [-0.39, 0.29) is 12.2 Å². The van der Waals surface area contributed by atoms with Crippen molar-refractivity contribution in [2.75, 3.05) is 13.1 Å². The minimum atomic E-state index is -1.46. The van der Waals surface area contributed by atoms with Gasteiger partial charge in [0.1, 0.15) is 18.1 Å². The van der Waals surface area contributed by atoms with E-state index in [0.29, 0.717) is 13.1 Å². The fourth-order valence-corrected chi connectivity index (χ4v) is 5.75. The number of aliphatic hydroxyl groups is 1. The van der Waals surface area contributed by atoms with Crippen molar-refractivity contribution in [2.45, 2.75) is 62.2 Å². The Morgan fingerprint density at radius 1 is 1.28 bits per heavy atom. The van der Waals surface area contributed by atoms with E-state index in [4.69, 9.17) is 4.74 Å². The van der Waals surface area contributed by atoms with Crippen LogP contribution in [0.4, 0.5) is 0 Å². The number of fused-ring (bicyclic) bond motifs is 1. The number of hydrogen-bond acceptors (Lipinski definition) is 6. The van der Waals surface area contributed by atoms with Crippen LogP contribution in [0, 0.1) is 5.92 Å². The summed E-state index contributed by atoms with van der Waals surface area (Å²) in [5.41, 5.74) is 0. The summed E-state index contributed by atoms with van der Waals surface area (Å²) in [6.07, 6.45) is -1.73. The molecule has 2 unspecified atom stereocenters. The van der Waals surface area contributed by atoms with E-state index in [2.05, 4.69) is 0 Å². The third-order valence-electron chi connectivity index (χ3n) is 5.04. The Bertz CT molecular complexity index is 601. The van der Waals surface area contributed by atoms with Gasteiger partial charge >= 0.3 is 5.97 Å². The van der Waals surface area contributed by atoms with Gasteiger partial charge in [-0.05, 0) is 27.7 Å². The molecule has 8 nitrogen and oxygen atoms in total. The topological polar surface area (TPSA) is 107 Å². The van der Waals surface area contributed by atoms with Crippen molar-refractivity contribution >= 4 is 29.5 Å². The number of β-lactam (4-membered cyclic amide) rings is 1. The number of ether oxygens (including phenoxy) is 1. The molecule has 6 atom stereocenters. The average Bonchev–Trinajstić information content (AvgIpc) is 2.73. The molecule has 3 heterocycles. The quantitative estimate of drug-likeness (QED) is 0.658. The number of carbonyl (C=O) groups is 3. The first kappa shape index (κ1) is 18.5. The second-order valence-corrected chi connectivity index (χ2v) is 9.34. The molecule has 0 aromatic heterocycles. The number of nitrogens with zero attached hydrogens (tertiary/aromatic N) is 2. The van der Waals surface area contributed by atoms with Crippen LogP contribution in [0.3, 0.4) is 0 Å². The third kappa shape index (κ3) is 2.92. The lowest BCUT2D eigenvalue weighted by Gasteiger charge is -2.46. The van der Waals surface area contributed by atoms with Crippen LogP contribution in [0.15, 0.2) is 0 Å². The summed E-state index contributed by atoms with van der Waals surface area (Å²) < 4.78 is 4.91. The van der Waals surface area contributed by atoms with Gasteiger partial charge in [-0.1, -0.05) is 0 Å². The summed E-state index contributed by atoms with van der Waals surface area (Å²) in [7, 11) is 0. The maximum absolute atomic E-state index is 12.7. The standard InChI is InChI=1S/C16H24N2O6S/c1-7-5-17(6-8(2)24-7)13(21)10(19)9-12(20)18-11(15(22)23)16(3,4)25-14(9)18/h7-11,14,19H,5-6H2,1-4H3,(H,22,23)/t7?,8?,9-,10+,11+,14-/m1/s1. The van der Waals surface area contributed by atoms with Crippen molar-refractivity contribution in [3.63, 3.8) is 0 Å². The van der Waals surface area contributed by atoms with Gasteiger partial charge in [-0.2, -0.15) is 0 Å². The van der Waals surface area contributed by atoms with Crippen LogP contribution in [0.1, 0.15) is 27.7 Å². The van der Waals surface area contributed by atoms with Gasteiger partial charge in [0.25, 0.3) is 5.91 Å². The normalized spacial score (nSPS) is 38.1. The van der Waals surface area contributed by atoms with Gasteiger partial charge in [-0.3, -0.25) is 9.59 Å². The third-order valence-corrected chi connectivity index (χ3v) is 6.63. The summed E-state index contributed by atoms with van der Waals surface area (Å²) in [5, 5.41) is 19.5. The molecule has 0 aliphatic carbocycles. The van der Waals surface area contributed by atoms with Crippen LogP contribution in [-0.2, 0) is 19.1 Å². The second-order valence-electron chi connectivity index (χ2n) is 7.57. The zero-order valence-corrected chi connectivity index (χ0v) is 15.5. The fraction of sp³-hybridized carbons (Fsp3) is 0.812. The molecule has 3 rings (SSSR count). The molecule has 0 bridgehead atoms. The molecular weight excluding hydrogens is 348 g/mol. The maximum Gasteiger partial charge on any atom is 0.327 e. The smallest absolute Gasteiger partial charge is 0.327 e. The Hall–Kier alpha value is -1.32. The predicted octanol–water partition coefficient (Wildman–Crippen LogP) is -0.254. The molecule has 3 fully saturated rings. The van der Waals surface area contributed by atoms with Gasteiger partial charge < -0.3 is 24.7 Å². The number of carbonyl (C=O) groups excluding carboxylic acids is 2. The molecule has 140 valence electrons. The predicted molar refractivity (Wildman–Crippen MR) is 89.8 cm³/mol. The van der Waals surface area contributed by atoms with Crippen molar-refractivity contribution in [3.05, 3.63) is 0 Å². The molecule has 3 aliphatic rings. The van der Waals surface area contributed by atoms with Gasteiger partial charge in [0.2, 0.25) is 5.91 Å². The zero-order valence-electron chi connectivity index (χ0n) is 14.7. The lowest BCUT2D eigenvalue weighted by atomic mass is 9.87. The average molecular weight is 372 g/mol. The van der Waals surface area contributed by atoms with Gasteiger partial charge in [0.15, 0.2) is 0 Å². The van der Waals surface area contributed by atoms with Crippen molar-refractivity contribution in [1.29, 1.82) is 0 Å². The number of carboxylic acid groups (broad SMARTS) is 1. The van der Waals surface area contributed by atoms with E-state index in [0.717, 1.165) is 0 Å². The van der Waals surface area contributed by atoms with E-state index in [1.54, 1.807) is 13.8 Å². The van der Waals surface area contributed by atoms with Crippen molar-refractivity contribution in [2.24, 2.45) is 5.92 Å². The highest BCUT2D eigenvalue weighted by atomic mass is 32.2. The van der Waals surface area contributed by atoms with Crippen LogP contribution in [0.2, 0.25) is 0 Å². The number of aliphatic hydroxyl groups excluding tert-OH is 1. The first-order valence-corrected chi connectivity index (χ1v) is 9.27. The van der Waals surface area contributed by atoms with Gasteiger partial charge in [0, 0.05) is 17.8 Å². The summed E-state index contributed by atoms with van der Waals surface area (Å²) >= 11 is 1.33. The van der Waals surface area contributed by atoms with Crippen LogP contribution in [0.25, 0.3) is 0 Å². The number of amides is 2. The zero-order chi connectivity index (χ0) is 18.7. The molecule has 0 aromatic carbocycles. The SMILES string of the molecule is CC1CN(C(=O)[C@@H](O)[C@@H]2C(=O)N3[C@@H]2SC(C)(C)[C@@H]3C(=O)O)CC(C)O1. The summed E-state index contributed by atoms with van der Waals surface area (Å²) in [6, 6.07) is -0.947. The van der Waals surface area contributed by atoms with Crippen LogP contribution in [0.5, 0.6) is 0 Å². The Morgan fingerprint density at radius 3 is 2.36 bits per heavy atom. The molecular formula is C16H24N2O6S. The van der Waals surface area contributed by atoms with E-state index in [1.165, 1.54) is 21.6 Å². The highest BCUT2D eigenvalue weighted by Gasteiger charge is 2.66. The van der Waals surface area contributed by atoms with E-state index in [9.17, 15) is 24.6 Å². The maximum atomic E-state index is 12.7. The lowest BCUT2D eigenvalue weighted by molar-refractivity contribution is -0.176. The Labute approximate surface area is 150 Å². The molecule has 0 radical (unpaired) electrons. The number of aliphatic carboxylic acids is 1. The lowest BCUT2D eigenvalue weighted by Crippen LogP contribution is -2.67. The fourth-order valence-electron chi connectivity index (χ4n) is 4.03. The summed E-state index contributed by atoms with van der Waals surface area (Å²) in [6.45, 7) is 7.96. The van der Waals surface area contributed by atoms with Gasteiger partial charge in [-0.15, -0.1) is 11.8 Å². The van der Waals surface area contributed by atoms with E-state index < -0.39 is 46.0 Å². The van der Waals surface area contributed by atoms with Crippen LogP contribution >= 0.6 is 11.8 Å². The van der Waals surface area contributed by atoms with E-state index in [1.807, 2.05) is 13.8 Å². The number of carboxylic acids is 1. The molecule has 25 heavy (non-hydrogen) atoms. The summed E-state index contributed by atoms with van der Waals surface area (Å²) in [5.74, 6) is -2.92. The van der Waals surface area contributed by atoms with Gasteiger partial charge in [0.05, 0.1) is 17.6 Å². The van der Waals surface area contributed by atoms with Crippen molar-refractivity contribution in [3.8, 4) is 0 Å². The van der Waals surface area contributed by atoms with Gasteiger partial charge in [-0.25, -0.2) is 4.79 Å². The molecule has 2 amide bonds. The molecule has 9 heteroatoms. The van der Waals surface area contributed by atoms with Crippen LogP contribution < -0.4 is 0 Å². The molecule has 2 N–H and O–H groups in total. The number of thioether (sulfide) groups is 1. The first-order chi connectivity index (χ1) is 11.5. The summed E-state index contributed by atoms with van der Waals surface area (Å²) in [4.78, 5) is 39.5. The largest absolute Gasteiger partial charge is 0.480 e.